The summed E-state index contributed by atoms with van der Waals surface area (Å²) in [6, 6.07) is -3.63. The van der Waals surface area contributed by atoms with Crippen LogP contribution in [0.4, 0.5) is 0 Å². The van der Waals surface area contributed by atoms with E-state index in [9.17, 15) is 163 Å². The first-order valence-electron chi connectivity index (χ1n) is 37.2. The van der Waals surface area contributed by atoms with E-state index >= 15 is 0 Å². The first-order chi connectivity index (χ1) is 55.4. The zero-order valence-corrected chi connectivity index (χ0v) is 61.9. The first-order valence-corrected chi connectivity index (χ1v) is 37.2. The molecule has 10 saturated heterocycles. The van der Waals surface area contributed by atoms with Crippen molar-refractivity contribution in [3.63, 3.8) is 0 Å². The van der Waals surface area contributed by atoms with E-state index in [1.165, 1.54) is 0 Å². The molecule has 0 aromatic heterocycles. The lowest BCUT2D eigenvalue weighted by molar-refractivity contribution is -0.411. The molecule has 0 bridgehead atoms. The fraction of sp³-hybridized carbons (Fsp3) is 0.969. The van der Waals surface area contributed by atoms with Crippen molar-refractivity contribution in [2.75, 3.05) is 66.1 Å². The van der Waals surface area contributed by atoms with Crippen molar-refractivity contribution in [3.05, 3.63) is 0 Å². The molecule has 0 aromatic rings. The molecule has 0 aromatic carbocycles. The van der Waals surface area contributed by atoms with Gasteiger partial charge in [0.25, 0.3) is 0 Å². The van der Waals surface area contributed by atoms with Crippen molar-refractivity contribution in [2.24, 2.45) is 0 Å². The van der Waals surface area contributed by atoms with Crippen LogP contribution in [0.5, 0.6) is 0 Å². The molecule has 0 spiro atoms. The number of hydrogen-bond acceptors (Lipinski definition) is 51. The van der Waals surface area contributed by atoms with Gasteiger partial charge in [0, 0.05) is 13.8 Å². The molecular formula is C64H108N2O51. The van der Waals surface area contributed by atoms with Crippen LogP contribution in [-0.2, 0) is 99.6 Å². The summed E-state index contributed by atoms with van der Waals surface area (Å²) in [7, 11) is 0. The molecular weight excluding hydrogens is 1610 g/mol. The minimum absolute atomic E-state index is 0.804. The van der Waals surface area contributed by atoms with Gasteiger partial charge in [-0.3, -0.25) is 9.59 Å². The predicted molar refractivity (Wildman–Crippen MR) is 353 cm³/mol. The molecule has 10 fully saturated rings. The average Bonchev–Trinajstić information content (AvgIpc) is 0.766. The summed E-state index contributed by atoms with van der Waals surface area (Å²) in [6.45, 7) is -9.18. The molecule has 32 N–H and O–H groups in total. The van der Waals surface area contributed by atoms with Crippen molar-refractivity contribution in [1.82, 2.24) is 10.6 Å². The zero-order chi connectivity index (χ0) is 85.9. The van der Waals surface area contributed by atoms with E-state index in [1.54, 1.807) is 0 Å². The number of aliphatic hydroxyl groups excluding tert-OH is 30. The Hall–Kier alpha value is -3.02. The number of aliphatic hydroxyl groups is 30. The normalized spacial score (nSPS) is 51.5. The number of carbonyl (C=O) groups excluding carboxylic acids is 2. The summed E-state index contributed by atoms with van der Waals surface area (Å²) in [4.78, 5) is 25.2. The number of hydrogen-bond donors (Lipinski definition) is 32. The molecule has 50 atom stereocenters. The van der Waals surface area contributed by atoms with Crippen LogP contribution < -0.4 is 10.6 Å². The van der Waals surface area contributed by atoms with Crippen LogP contribution in [0.1, 0.15) is 13.8 Å². The standard InChI is InChI=1S/C64H108N2O51/c1-13(75)65-25-35(85)48(21(9-73)101-55(25)98)111-56-26(66-14(2)76)36(86)49(22(10-74)108-56)112-62-47(97)52(34(84)24(110-62)12-100-58-45(95)51(114-60-44(94)39(89)29(79)17(5-69)104-60)33(83)23(109-58)11-99-57-42(92)37(87)27(77)15(3-67)102-57)115-63-54(41(91)31(81)18(6-70)106-63)117-64-53(40(90)30(80)19(7-71)107-64)116-61-46(96)50(32(82)20(8-72)105-61)113-59-43(93)38(88)28(78)16(4-68)103-59/h15-64,67-74,77-98H,3-12H2,1-2H3,(H,65,75)(H,66,76)/t15-,16-,17-,18-,19-,20-,21-,22-,23-,24-,25-,26-,27-,28-,29-,30-,31-,32-,33-,34-,35-,36-,37+,38+,39+,40+,41+,42+,43-,44+,45+,46+,47+,48-,49-,50+,51+,52+,53+,54+,55?,56+,57+,58+,59-,60-,61-,62+,63-,64-/m1/s1. The monoisotopic (exact) mass is 1720 g/mol. The van der Waals surface area contributed by atoms with E-state index in [1.807, 2.05) is 0 Å². The summed E-state index contributed by atoms with van der Waals surface area (Å²) < 4.78 is 111. The van der Waals surface area contributed by atoms with Gasteiger partial charge in [0.05, 0.1) is 66.1 Å². The van der Waals surface area contributed by atoms with Gasteiger partial charge in [0.1, 0.15) is 244 Å². The van der Waals surface area contributed by atoms with E-state index in [4.69, 9.17) is 90.0 Å². The molecule has 0 saturated carbocycles. The van der Waals surface area contributed by atoms with Gasteiger partial charge in [0.2, 0.25) is 11.8 Å². The number of carbonyl (C=O) groups is 2. The lowest BCUT2D eigenvalue weighted by Gasteiger charge is -2.51. The minimum atomic E-state index is -2.64. The van der Waals surface area contributed by atoms with Crippen LogP contribution in [-0.4, -0.2) is 538 Å². The van der Waals surface area contributed by atoms with Gasteiger partial charge in [-0.2, -0.15) is 0 Å². The summed E-state index contributed by atoms with van der Waals surface area (Å²) >= 11 is 0. The van der Waals surface area contributed by atoms with E-state index in [-0.39, 0.29) is 0 Å². The van der Waals surface area contributed by atoms with Crippen LogP contribution in [0.25, 0.3) is 0 Å². The molecule has 0 radical (unpaired) electrons. The Kier molecular flexibility index (Phi) is 34.4. The smallest absolute Gasteiger partial charge is 0.217 e. The largest absolute Gasteiger partial charge is 0.394 e. The van der Waals surface area contributed by atoms with Crippen molar-refractivity contribution < 1.29 is 253 Å². The van der Waals surface area contributed by atoms with Crippen LogP contribution >= 0.6 is 0 Å². The Bertz CT molecular complexity index is 3050. The molecule has 0 aliphatic carbocycles. The second kappa shape index (κ2) is 41.9. The van der Waals surface area contributed by atoms with Gasteiger partial charge in [-0.25, -0.2) is 0 Å². The Morgan fingerprint density at radius 2 is 0.462 bits per heavy atom. The molecule has 2 amide bonds. The Morgan fingerprint density at radius 1 is 0.222 bits per heavy atom. The van der Waals surface area contributed by atoms with Crippen molar-refractivity contribution >= 4 is 11.8 Å². The average molecular weight is 1720 g/mol. The first kappa shape index (κ1) is 96.2. The fourth-order valence-electron chi connectivity index (χ4n) is 15.0. The van der Waals surface area contributed by atoms with E-state index < -0.39 is 385 Å². The maximum atomic E-state index is 13.0. The third kappa shape index (κ3) is 20.7. The van der Waals surface area contributed by atoms with Gasteiger partial charge < -0.3 is 254 Å². The molecule has 53 heteroatoms. The SMILES string of the molecule is CC(=O)N[C@H]1[C@H](O[C@H]2[C@H](O)[C@@H](NC(C)=O)C(O)O[C@@H]2CO)O[C@H](CO)[C@@H](O[C@@H]2O[C@H](CO[C@H]3O[C@H](CO[C@H]4O[C@H](CO)[C@@H](O)[C@H](O)[C@@H]4O)[C@@H](O)[C@H](O[C@H]4O[C@H](CO)[C@@H](O)[C@H](O)[C@@H]4O)[C@@H]3O)[C@@H](O)[C@H](O[C@H]3O[C@H](CO)[C@@H](O)[C@H](O)[C@@H]3O[C@H]3O[C@H](CO)[C@@H](O)[C@H](O)[C@@H]3O[C@H]3O[C@H](CO)[C@@H](O)[C@H](O[C@H]4O[C@H](CO)[C@@H](O)[C@H](O)[C@H]4O)[C@@H]3O)[C@@H]2O)[C@@H]1O. The molecule has 117 heavy (non-hydrogen) atoms. The quantitative estimate of drug-likeness (QED) is 0.0318. The van der Waals surface area contributed by atoms with Gasteiger partial charge in [0.15, 0.2) is 62.9 Å². The summed E-state index contributed by atoms with van der Waals surface area (Å²) in [5, 5.41) is 337. The summed E-state index contributed by atoms with van der Waals surface area (Å²) in [5.74, 6) is -1.77. The van der Waals surface area contributed by atoms with Crippen molar-refractivity contribution in [2.45, 2.75) is 321 Å². The van der Waals surface area contributed by atoms with Gasteiger partial charge >= 0.3 is 0 Å². The van der Waals surface area contributed by atoms with Crippen LogP contribution in [0.2, 0.25) is 0 Å². The number of amides is 2. The number of rotatable bonds is 30. The lowest BCUT2D eigenvalue weighted by atomic mass is 9.94. The second-order valence-electron chi connectivity index (χ2n) is 29.5. The van der Waals surface area contributed by atoms with Crippen molar-refractivity contribution in [1.29, 1.82) is 0 Å². The van der Waals surface area contributed by atoms with E-state index in [0.717, 1.165) is 13.8 Å². The molecule has 10 aliphatic rings. The van der Waals surface area contributed by atoms with E-state index in [0.29, 0.717) is 0 Å². The number of nitrogens with one attached hydrogen (secondary N) is 2. The number of ether oxygens (including phenoxy) is 19. The summed E-state index contributed by atoms with van der Waals surface area (Å²) in [5.41, 5.74) is 0. The van der Waals surface area contributed by atoms with Crippen LogP contribution in [0.15, 0.2) is 0 Å². The molecule has 53 nitrogen and oxygen atoms in total. The Balaban J connectivity index is 0.986. The third-order valence-corrected chi connectivity index (χ3v) is 21.7. The highest BCUT2D eigenvalue weighted by Gasteiger charge is 2.62. The lowest BCUT2D eigenvalue weighted by Crippen LogP contribution is -2.70. The van der Waals surface area contributed by atoms with E-state index in [2.05, 4.69) is 10.6 Å². The zero-order valence-electron chi connectivity index (χ0n) is 61.9. The van der Waals surface area contributed by atoms with Gasteiger partial charge in [-0.05, 0) is 0 Å². The second-order valence-corrected chi connectivity index (χ2v) is 29.5. The van der Waals surface area contributed by atoms with Crippen molar-refractivity contribution in [3.8, 4) is 0 Å². The third-order valence-electron chi connectivity index (χ3n) is 21.7. The Morgan fingerprint density at radius 3 is 0.855 bits per heavy atom. The maximum absolute atomic E-state index is 13.0. The molecule has 680 valence electrons. The topological polar surface area (TPSA) is 840 Å². The van der Waals surface area contributed by atoms with Crippen LogP contribution in [0, 0.1) is 0 Å². The molecule has 1 unspecified atom stereocenters. The highest BCUT2D eigenvalue weighted by Crippen LogP contribution is 2.41. The highest BCUT2D eigenvalue weighted by atomic mass is 16.8. The molecule has 10 rings (SSSR count). The summed E-state index contributed by atoms with van der Waals surface area (Å²) in [6.07, 6.45) is -103. The van der Waals surface area contributed by atoms with Gasteiger partial charge in [-0.1, -0.05) is 0 Å². The molecule has 10 heterocycles. The Labute approximate surface area is 660 Å². The fourth-order valence-corrected chi connectivity index (χ4v) is 15.0. The van der Waals surface area contributed by atoms with Crippen LogP contribution in [0.3, 0.4) is 0 Å². The molecule has 10 aliphatic heterocycles. The highest BCUT2D eigenvalue weighted by molar-refractivity contribution is 5.73. The van der Waals surface area contributed by atoms with Gasteiger partial charge in [-0.15, -0.1) is 0 Å². The minimum Gasteiger partial charge on any atom is -0.394 e. The maximum Gasteiger partial charge on any atom is 0.217 e. The predicted octanol–water partition coefficient (Wildman–Crippen LogP) is -22.5.